The number of allylic oxidation sites excluding steroid dienone is 1. The van der Waals surface area contributed by atoms with Gasteiger partial charge in [0.1, 0.15) is 23.2 Å². The molecule has 0 bridgehead atoms. The van der Waals surface area contributed by atoms with Crippen molar-refractivity contribution in [2.24, 2.45) is 0 Å². The van der Waals surface area contributed by atoms with E-state index in [1.165, 1.54) is 13.2 Å². The second-order valence-electron chi connectivity index (χ2n) is 11.6. The van der Waals surface area contributed by atoms with Crippen LogP contribution in [-0.2, 0) is 9.53 Å². The molecule has 1 saturated heterocycles. The molecule has 216 valence electrons. The summed E-state index contributed by atoms with van der Waals surface area (Å²) < 4.78 is 26.4. The lowest BCUT2D eigenvalue weighted by atomic mass is 9.92. The van der Waals surface area contributed by atoms with Gasteiger partial charge in [-0.05, 0) is 52.8 Å². The predicted octanol–water partition coefficient (Wildman–Crippen LogP) is 6.53. The van der Waals surface area contributed by atoms with Crippen molar-refractivity contribution in [1.82, 2.24) is 9.88 Å². The summed E-state index contributed by atoms with van der Waals surface area (Å²) in [6.07, 6.45) is 3.16. The minimum atomic E-state index is -0.646. The molecule has 0 spiro atoms. The maximum atomic E-state index is 15.3. The largest absolute Gasteiger partial charge is 0.496 e. The fourth-order valence-electron chi connectivity index (χ4n) is 5.55. The van der Waals surface area contributed by atoms with Crippen LogP contribution in [0.2, 0.25) is 5.02 Å². The Bertz CT molecular complexity index is 1600. The van der Waals surface area contributed by atoms with Gasteiger partial charge in [0.15, 0.2) is 0 Å². The number of carbonyl (C=O) groups excluding carboxylic acids is 2. The Morgan fingerprint density at radius 3 is 2.59 bits per heavy atom. The van der Waals surface area contributed by atoms with E-state index in [1.54, 1.807) is 41.2 Å². The molecule has 8 nitrogen and oxygen atoms in total. The van der Waals surface area contributed by atoms with E-state index in [2.05, 4.69) is 0 Å². The van der Waals surface area contributed by atoms with E-state index in [-0.39, 0.29) is 18.0 Å². The van der Waals surface area contributed by atoms with Crippen LogP contribution >= 0.6 is 11.6 Å². The number of likely N-dealkylation sites (N-methyl/N-ethyl adjacent to an activating group) is 1. The third-order valence-corrected chi connectivity index (χ3v) is 7.58. The third-order valence-electron chi connectivity index (χ3n) is 7.28. The molecule has 2 amide bonds. The van der Waals surface area contributed by atoms with Crippen molar-refractivity contribution in [3.8, 4) is 16.9 Å². The van der Waals surface area contributed by atoms with Gasteiger partial charge in [0, 0.05) is 36.7 Å². The molecule has 10 heteroatoms. The summed E-state index contributed by atoms with van der Waals surface area (Å²) in [5.41, 5.74) is 3.77. The number of piperazine rings is 1. The molecule has 1 aromatic heterocycles. The summed E-state index contributed by atoms with van der Waals surface area (Å²) in [6.45, 7) is 10.3. The molecular formula is C31H34ClFN4O4. The number of fused-ring (bicyclic) bond motifs is 5. The number of ether oxygens (including phenoxy) is 2. The predicted molar refractivity (Wildman–Crippen MR) is 160 cm³/mol. The number of hydrogen-bond donors (Lipinski definition) is 0. The minimum Gasteiger partial charge on any atom is -0.496 e. The molecule has 2 aliphatic rings. The highest BCUT2D eigenvalue weighted by Gasteiger charge is 2.43. The van der Waals surface area contributed by atoms with Crippen LogP contribution in [0.15, 0.2) is 36.0 Å². The van der Waals surface area contributed by atoms with E-state index in [4.69, 9.17) is 26.1 Å². The first-order valence-electron chi connectivity index (χ1n) is 13.5. The van der Waals surface area contributed by atoms with Crippen molar-refractivity contribution in [3.63, 3.8) is 0 Å². The molecule has 0 N–H and O–H groups in total. The minimum absolute atomic E-state index is 0.143. The molecule has 3 heterocycles. The number of anilines is 2. The van der Waals surface area contributed by atoms with Crippen LogP contribution in [0.25, 0.3) is 28.1 Å². The van der Waals surface area contributed by atoms with Gasteiger partial charge >= 0.3 is 6.09 Å². The van der Waals surface area contributed by atoms with Gasteiger partial charge in [0.2, 0.25) is 0 Å². The third kappa shape index (κ3) is 5.07. The van der Waals surface area contributed by atoms with Gasteiger partial charge < -0.3 is 24.2 Å². The number of benzene rings is 2. The highest BCUT2D eigenvalue weighted by atomic mass is 35.5. The van der Waals surface area contributed by atoms with Crippen molar-refractivity contribution in [2.45, 2.75) is 46.3 Å². The van der Waals surface area contributed by atoms with Crippen LogP contribution in [0.5, 0.6) is 5.75 Å². The summed E-state index contributed by atoms with van der Waals surface area (Å²) in [6, 6.07) is 5.83. The summed E-state index contributed by atoms with van der Waals surface area (Å²) in [4.78, 5) is 36.4. The van der Waals surface area contributed by atoms with Crippen LogP contribution in [0.1, 0.15) is 40.2 Å². The molecule has 0 radical (unpaired) electrons. The molecule has 0 saturated carbocycles. The van der Waals surface area contributed by atoms with E-state index >= 15 is 4.39 Å². The van der Waals surface area contributed by atoms with E-state index in [9.17, 15) is 9.59 Å². The molecule has 1 atom stereocenters. The van der Waals surface area contributed by atoms with E-state index in [1.807, 2.05) is 45.6 Å². The Labute approximate surface area is 244 Å². The average molecular weight is 581 g/mol. The summed E-state index contributed by atoms with van der Waals surface area (Å²) >= 11 is 6.99. The van der Waals surface area contributed by atoms with Crippen LogP contribution in [0, 0.1) is 5.82 Å². The second kappa shape index (κ2) is 10.5. The van der Waals surface area contributed by atoms with Crippen molar-refractivity contribution in [3.05, 3.63) is 52.4 Å². The van der Waals surface area contributed by atoms with Gasteiger partial charge in [-0.1, -0.05) is 29.3 Å². The molecule has 2 aliphatic heterocycles. The fourth-order valence-corrected chi connectivity index (χ4v) is 5.85. The van der Waals surface area contributed by atoms with Crippen molar-refractivity contribution < 1.29 is 23.5 Å². The maximum absolute atomic E-state index is 15.3. The van der Waals surface area contributed by atoms with E-state index < -0.39 is 23.6 Å². The molecule has 0 aliphatic carbocycles. The van der Waals surface area contributed by atoms with Crippen molar-refractivity contribution >= 4 is 52.0 Å². The highest BCUT2D eigenvalue weighted by Crippen LogP contribution is 2.48. The van der Waals surface area contributed by atoms with Gasteiger partial charge in [-0.25, -0.2) is 9.18 Å². The first-order valence-corrected chi connectivity index (χ1v) is 13.8. The first-order chi connectivity index (χ1) is 19.3. The van der Waals surface area contributed by atoms with Gasteiger partial charge in [-0.2, -0.15) is 0 Å². The molecule has 5 rings (SSSR count). The van der Waals surface area contributed by atoms with Crippen molar-refractivity contribution in [2.75, 3.05) is 43.6 Å². The lowest BCUT2D eigenvalue weighted by Crippen LogP contribution is -2.63. The van der Waals surface area contributed by atoms with E-state index in [0.29, 0.717) is 46.2 Å². The zero-order valence-corrected chi connectivity index (χ0v) is 25.1. The number of methoxy groups -OCH3 is 1. The SMILES string of the molecule is COc1cccc(F)c1-c1c(Cl)cc2c3c(cnc2c1C=C(C)C)N(C)C(=O)[C@H]1CN(C(=O)OC(C)(C)C)CCN31. The van der Waals surface area contributed by atoms with Crippen LogP contribution in [-0.4, -0.2) is 67.3 Å². The number of carbonyl (C=O) groups is 2. The Balaban J connectivity index is 1.71. The molecule has 41 heavy (non-hydrogen) atoms. The standard InChI is InChI=1S/C31H34ClFN4O4/c1-17(2)13-18-25(26-21(33)9-8-10-24(26)40-7)20(32)14-19-27(18)34-15-22-28(19)37-12-11-36(30(39)41-31(3,4)5)16-23(37)29(38)35(22)6/h8-10,13-15,23H,11-12,16H2,1-7H3/t23-/m1/s1. The lowest BCUT2D eigenvalue weighted by Gasteiger charge is -2.47. The summed E-state index contributed by atoms with van der Waals surface area (Å²) in [7, 11) is 3.20. The molecular weight excluding hydrogens is 547 g/mol. The summed E-state index contributed by atoms with van der Waals surface area (Å²) in [5, 5.41) is 1.06. The van der Waals surface area contributed by atoms with Crippen molar-refractivity contribution in [1.29, 1.82) is 0 Å². The molecule has 3 aromatic rings. The van der Waals surface area contributed by atoms with Crippen LogP contribution in [0.3, 0.4) is 0 Å². The number of rotatable bonds is 3. The molecule has 1 fully saturated rings. The smallest absolute Gasteiger partial charge is 0.410 e. The quantitative estimate of drug-likeness (QED) is 0.351. The molecule has 0 unspecified atom stereocenters. The average Bonchev–Trinajstić information content (AvgIpc) is 2.90. The van der Waals surface area contributed by atoms with Crippen LogP contribution in [0.4, 0.5) is 20.6 Å². The number of halogens is 2. The fraction of sp³-hybridized carbons (Fsp3) is 0.387. The number of hydrogen-bond acceptors (Lipinski definition) is 6. The highest BCUT2D eigenvalue weighted by molar-refractivity contribution is 6.35. The number of pyridine rings is 1. The zero-order valence-electron chi connectivity index (χ0n) is 24.3. The topological polar surface area (TPSA) is 75.2 Å². The Morgan fingerprint density at radius 1 is 1.20 bits per heavy atom. The monoisotopic (exact) mass is 580 g/mol. The first kappa shape index (κ1) is 28.7. The van der Waals surface area contributed by atoms with Gasteiger partial charge in [-0.3, -0.25) is 9.78 Å². The maximum Gasteiger partial charge on any atom is 0.410 e. The normalized spacial score (nSPS) is 16.9. The zero-order chi connectivity index (χ0) is 29.8. The van der Waals surface area contributed by atoms with Gasteiger partial charge in [0.25, 0.3) is 5.91 Å². The Morgan fingerprint density at radius 2 is 1.93 bits per heavy atom. The lowest BCUT2D eigenvalue weighted by molar-refractivity contribution is -0.120. The molecule has 2 aromatic carbocycles. The summed E-state index contributed by atoms with van der Waals surface area (Å²) in [5.74, 6) is -0.248. The second-order valence-corrected chi connectivity index (χ2v) is 12.0. The Hall–Kier alpha value is -3.85. The number of aromatic nitrogens is 1. The van der Waals surface area contributed by atoms with Gasteiger partial charge in [-0.15, -0.1) is 0 Å². The van der Waals surface area contributed by atoms with E-state index in [0.717, 1.165) is 16.6 Å². The number of amides is 2. The number of nitrogens with zero attached hydrogens (tertiary/aromatic N) is 4. The Kier molecular flexibility index (Phi) is 7.36. The van der Waals surface area contributed by atoms with Crippen LogP contribution < -0.4 is 14.5 Å². The van der Waals surface area contributed by atoms with Gasteiger partial charge in [0.05, 0.1) is 47.3 Å².